The van der Waals surface area contributed by atoms with Gasteiger partial charge in [0.15, 0.2) is 0 Å². The average molecular weight is 631 g/mol. The summed E-state index contributed by atoms with van der Waals surface area (Å²) in [5, 5.41) is 10.2. The molecule has 0 aromatic rings. The maximum Gasteiger partial charge on any atom is 0.519 e. The first-order valence-electron chi connectivity index (χ1n) is 15.7. The molecule has 260 valence electrons. The van der Waals surface area contributed by atoms with Gasteiger partial charge in [-0.1, -0.05) is 0 Å². The molecule has 11 heteroatoms. The number of carbonyl (C=O) groups excluding carboxylic acids is 3. The van der Waals surface area contributed by atoms with E-state index in [0.717, 1.165) is 25.7 Å². The summed E-state index contributed by atoms with van der Waals surface area (Å²) < 4.78 is 19.1. The normalized spacial score (nSPS) is 21.2. The summed E-state index contributed by atoms with van der Waals surface area (Å²) >= 11 is 0. The Bertz CT molecular complexity index is 897. The molecule has 0 unspecified atom stereocenters. The monoisotopic (exact) mass is 630 g/mol. The third kappa shape index (κ3) is 21.6. The summed E-state index contributed by atoms with van der Waals surface area (Å²) in [4.78, 5) is 33.8. The number of hydrogen-bond acceptors (Lipinski definition) is 10. The molecule has 0 atom stereocenters. The van der Waals surface area contributed by atoms with Crippen LogP contribution in [0.15, 0.2) is 0 Å². The van der Waals surface area contributed by atoms with Crippen molar-refractivity contribution in [2.45, 2.75) is 194 Å². The first-order valence-corrected chi connectivity index (χ1v) is 15.7. The van der Waals surface area contributed by atoms with Crippen LogP contribution in [-0.4, -0.2) is 69.4 Å². The first kappa shape index (κ1) is 41.9. The number of nitrogens with one attached hydrogen (secondary N) is 3. The van der Waals surface area contributed by atoms with Gasteiger partial charge in [0.25, 0.3) is 0 Å². The number of nitrogens with two attached hydrogens (primary N) is 1. The highest BCUT2D eigenvalue weighted by molar-refractivity contribution is 5.77. The topological polar surface area (TPSA) is 150 Å². The molecular weight excluding hydrogens is 564 g/mol. The lowest BCUT2D eigenvalue weighted by molar-refractivity contribution is -0.0294. The molecule has 0 aromatic heterocycles. The zero-order valence-electron chi connectivity index (χ0n) is 30.9. The van der Waals surface area contributed by atoms with Crippen LogP contribution in [0.25, 0.3) is 0 Å². The van der Waals surface area contributed by atoms with Crippen LogP contribution in [0, 0.1) is 0 Å². The van der Waals surface area contributed by atoms with Crippen LogP contribution in [0.3, 0.4) is 0 Å². The molecule has 1 amide bonds. The second-order valence-electron chi connectivity index (χ2n) is 17.7. The molecule has 2 saturated heterocycles. The van der Waals surface area contributed by atoms with Crippen LogP contribution < -0.4 is 21.7 Å². The van der Waals surface area contributed by atoms with E-state index in [1.165, 1.54) is 0 Å². The molecule has 0 saturated carbocycles. The number of rotatable bonds is 1. The summed E-state index contributed by atoms with van der Waals surface area (Å²) in [5.41, 5.74) is 4.59. The van der Waals surface area contributed by atoms with Crippen molar-refractivity contribution in [1.29, 1.82) is 0 Å². The molecule has 0 aromatic carbocycles. The van der Waals surface area contributed by atoms with Crippen LogP contribution in [-0.2, 0) is 18.9 Å². The number of alkyl carbamates (subject to hydrolysis) is 1. The summed E-state index contributed by atoms with van der Waals surface area (Å²) in [6.07, 6.45) is 1.55. The Kier molecular flexibility index (Phi) is 14.3. The molecule has 0 bridgehead atoms. The lowest BCUT2D eigenvalue weighted by atomic mass is 9.80. The van der Waals surface area contributed by atoms with Crippen molar-refractivity contribution in [3.05, 3.63) is 0 Å². The third-order valence-corrected chi connectivity index (χ3v) is 6.08. The van der Waals surface area contributed by atoms with Gasteiger partial charge in [0, 0.05) is 34.2 Å². The highest BCUT2D eigenvalue weighted by Crippen LogP contribution is 2.29. The van der Waals surface area contributed by atoms with Crippen LogP contribution in [0.1, 0.15) is 143 Å². The van der Waals surface area contributed by atoms with Crippen molar-refractivity contribution in [3.8, 4) is 0 Å². The summed E-state index contributed by atoms with van der Waals surface area (Å²) in [7, 11) is 0. The number of amides is 1. The Morgan fingerprint density at radius 1 is 0.591 bits per heavy atom. The minimum absolute atomic E-state index is 0.0292. The van der Waals surface area contributed by atoms with Crippen LogP contribution in [0.4, 0.5) is 14.4 Å². The van der Waals surface area contributed by atoms with Crippen molar-refractivity contribution < 1.29 is 33.3 Å². The van der Waals surface area contributed by atoms with Gasteiger partial charge in [-0.2, -0.15) is 0 Å². The Balaban J connectivity index is 0.000000649. The van der Waals surface area contributed by atoms with Crippen molar-refractivity contribution in [2.24, 2.45) is 5.73 Å². The maximum atomic E-state index is 11.8. The van der Waals surface area contributed by atoms with Gasteiger partial charge in [-0.3, -0.25) is 0 Å². The van der Waals surface area contributed by atoms with E-state index >= 15 is 0 Å². The molecule has 2 fully saturated rings. The molecule has 2 rings (SSSR count). The third-order valence-electron chi connectivity index (χ3n) is 6.08. The second kappa shape index (κ2) is 15.0. The van der Waals surface area contributed by atoms with Crippen LogP contribution >= 0.6 is 0 Å². The van der Waals surface area contributed by atoms with Crippen molar-refractivity contribution >= 4 is 18.4 Å². The summed E-state index contributed by atoms with van der Waals surface area (Å²) in [5.74, 6) is 0. The fraction of sp³-hybridized carbons (Fsp3) is 0.909. The van der Waals surface area contributed by atoms with Crippen LogP contribution in [0.5, 0.6) is 0 Å². The Morgan fingerprint density at radius 3 is 1.16 bits per heavy atom. The highest BCUT2D eigenvalue weighted by Gasteiger charge is 2.39. The summed E-state index contributed by atoms with van der Waals surface area (Å²) in [6, 6.07) is 0.521. The minimum atomic E-state index is -1.06. The van der Waals surface area contributed by atoms with E-state index in [1.807, 2.05) is 20.8 Å². The molecule has 2 aliphatic rings. The minimum Gasteiger partial charge on any atom is -0.444 e. The van der Waals surface area contributed by atoms with Gasteiger partial charge in [-0.25, -0.2) is 14.4 Å². The average Bonchev–Trinajstić information content (AvgIpc) is 2.57. The van der Waals surface area contributed by atoms with E-state index in [1.54, 1.807) is 41.5 Å². The van der Waals surface area contributed by atoms with Gasteiger partial charge in [0.1, 0.15) is 16.8 Å². The zero-order chi connectivity index (χ0) is 35.2. The first-order chi connectivity index (χ1) is 19.2. The van der Waals surface area contributed by atoms with Gasteiger partial charge in [0.05, 0.1) is 0 Å². The standard InChI is InChI=1S/C14H28N2O2.C10H18O5.C9H20N2/c1-12(2,3)18-11(17)15-10-8-13(4,5)16-14(6,7)9-10;1-9(2,3)14-7(11)13-8(12)15-10(4,5)6;1-8(2)5-7(10)6-9(3,4)11-8/h10,16H,8-9H2,1-7H3,(H,15,17);1-6H3;7,11H,5-6,10H2,1-4H3. The molecule has 0 aliphatic carbocycles. The predicted octanol–water partition coefficient (Wildman–Crippen LogP) is 6.95. The Morgan fingerprint density at radius 2 is 0.886 bits per heavy atom. The van der Waals surface area contributed by atoms with E-state index in [0.29, 0.717) is 6.04 Å². The smallest absolute Gasteiger partial charge is 0.444 e. The number of ether oxygens (including phenoxy) is 4. The number of piperidine rings is 2. The quantitative estimate of drug-likeness (QED) is 0.136. The maximum absolute atomic E-state index is 11.8. The van der Waals surface area contributed by atoms with E-state index in [2.05, 4.69) is 76.1 Å². The van der Waals surface area contributed by atoms with Gasteiger partial charge in [0.2, 0.25) is 0 Å². The molecule has 2 heterocycles. The fourth-order valence-electron chi connectivity index (χ4n) is 5.91. The van der Waals surface area contributed by atoms with Gasteiger partial charge in [-0.15, -0.1) is 0 Å². The largest absolute Gasteiger partial charge is 0.519 e. The van der Waals surface area contributed by atoms with E-state index in [9.17, 15) is 14.4 Å². The molecule has 44 heavy (non-hydrogen) atoms. The van der Waals surface area contributed by atoms with Gasteiger partial charge in [-0.05, 0) is 143 Å². The number of hydrogen-bond donors (Lipinski definition) is 4. The lowest BCUT2D eigenvalue weighted by Crippen LogP contribution is -2.62. The van der Waals surface area contributed by atoms with Gasteiger partial charge < -0.3 is 40.6 Å². The van der Waals surface area contributed by atoms with E-state index in [4.69, 9.17) is 19.9 Å². The fourth-order valence-corrected chi connectivity index (χ4v) is 5.91. The van der Waals surface area contributed by atoms with Crippen molar-refractivity contribution in [3.63, 3.8) is 0 Å². The second-order valence-corrected chi connectivity index (χ2v) is 17.7. The Labute approximate surface area is 267 Å². The van der Waals surface area contributed by atoms with Gasteiger partial charge >= 0.3 is 18.4 Å². The molecule has 2 aliphatic heterocycles. The van der Waals surface area contributed by atoms with Crippen molar-refractivity contribution in [1.82, 2.24) is 16.0 Å². The number of carbonyl (C=O) groups is 3. The zero-order valence-corrected chi connectivity index (χ0v) is 30.9. The van der Waals surface area contributed by atoms with E-state index in [-0.39, 0.29) is 34.3 Å². The molecule has 5 N–H and O–H groups in total. The predicted molar refractivity (Wildman–Crippen MR) is 176 cm³/mol. The molecule has 0 spiro atoms. The van der Waals surface area contributed by atoms with E-state index < -0.39 is 29.1 Å². The Hall–Kier alpha value is -2.11. The molecule has 0 radical (unpaired) electrons. The highest BCUT2D eigenvalue weighted by atomic mass is 16.8. The molecule has 11 nitrogen and oxygen atoms in total. The van der Waals surface area contributed by atoms with Crippen molar-refractivity contribution in [2.75, 3.05) is 0 Å². The van der Waals surface area contributed by atoms with Crippen LogP contribution in [0.2, 0.25) is 0 Å². The lowest BCUT2D eigenvalue weighted by Gasteiger charge is -2.46. The molecular formula is C33H66N4O7. The summed E-state index contributed by atoms with van der Waals surface area (Å²) in [6.45, 7) is 33.2. The SMILES string of the molecule is CC(C)(C)OC(=O)OC(=O)OC(C)(C)C.CC1(C)CC(N)CC(C)(C)N1.CC1(C)CC(NC(=O)OC(C)(C)C)CC(C)(C)N1.